The topological polar surface area (TPSA) is 57.1 Å². The molecule has 1 aliphatic heterocycles. The van der Waals surface area contributed by atoms with Gasteiger partial charge in [0.05, 0.1) is 24.8 Å². The summed E-state index contributed by atoms with van der Waals surface area (Å²) in [6.07, 6.45) is -2.25. The number of ether oxygens (including phenoxy) is 1. The van der Waals surface area contributed by atoms with Crippen LogP contribution in [0.4, 0.5) is 13.2 Å². The first kappa shape index (κ1) is 23.2. The van der Waals surface area contributed by atoms with Crippen LogP contribution in [0.2, 0.25) is 0 Å². The average molecular weight is 513 g/mol. The Labute approximate surface area is 180 Å². The van der Waals surface area contributed by atoms with Crippen molar-refractivity contribution in [1.82, 2.24) is 10.2 Å². The van der Waals surface area contributed by atoms with Gasteiger partial charge in [-0.3, -0.25) is 4.99 Å². The molecule has 1 saturated heterocycles. The van der Waals surface area contributed by atoms with Gasteiger partial charge in [-0.25, -0.2) is 0 Å². The Morgan fingerprint density at radius 3 is 2.79 bits per heavy atom. The Balaban J connectivity index is 0.00000280. The van der Waals surface area contributed by atoms with E-state index in [1.54, 1.807) is 13.1 Å². The van der Waals surface area contributed by atoms with Gasteiger partial charge in [0.15, 0.2) is 5.96 Å². The second-order valence-corrected chi connectivity index (χ2v) is 7.12. The number of rotatable bonds is 3. The van der Waals surface area contributed by atoms with Crippen LogP contribution in [0.3, 0.4) is 0 Å². The predicted octanol–water partition coefficient (Wildman–Crippen LogP) is 3.43. The number of hydrogen-bond donors (Lipinski definition) is 2. The number of alkyl halides is 3. The molecule has 2 aliphatic rings. The van der Waals surface area contributed by atoms with E-state index in [9.17, 15) is 18.3 Å². The van der Waals surface area contributed by atoms with Crippen molar-refractivity contribution in [2.75, 3.05) is 33.3 Å². The molecule has 1 aromatic carbocycles. The Hall–Kier alpha value is -1.07. The van der Waals surface area contributed by atoms with Gasteiger partial charge < -0.3 is 20.1 Å². The van der Waals surface area contributed by atoms with Crippen LogP contribution in [0.15, 0.2) is 29.3 Å². The van der Waals surface area contributed by atoms with Crippen molar-refractivity contribution in [2.45, 2.75) is 37.6 Å². The lowest BCUT2D eigenvalue weighted by Gasteiger charge is -2.36. The molecule has 0 radical (unpaired) electrons. The monoisotopic (exact) mass is 513 g/mol. The molecule has 2 N–H and O–H groups in total. The molecule has 158 valence electrons. The van der Waals surface area contributed by atoms with Gasteiger partial charge in [-0.1, -0.05) is 18.6 Å². The Kier molecular flexibility index (Phi) is 8.38. The second-order valence-electron chi connectivity index (χ2n) is 7.12. The van der Waals surface area contributed by atoms with Gasteiger partial charge in [0.2, 0.25) is 0 Å². The number of hydrogen-bond acceptors (Lipinski definition) is 3. The molecule has 5 nitrogen and oxygen atoms in total. The maximum Gasteiger partial charge on any atom is 0.416 e. The molecule has 1 aromatic rings. The first-order valence-electron chi connectivity index (χ1n) is 9.31. The van der Waals surface area contributed by atoms with Crippen molar-refractivity contribution in [3.8, 4) is 0 Å². The highest BCUT2D eigenvalue weighted by atomic mass is 127. The van der Waals surface area contributed by atoms with Crippen molar-refractivity contribution in [3.63, 3.8) is 0 Å². The zero-order valence-electron chi connectivity index (χ0n) is 15.8. The second kappa shape index (κ2) is 10.1. The summed E-state index contributed by atoms with van der Waals surface area (Å²) in [7, 11) is 1.68. The molecule has 3 unspecified atom stereocenters. The zero-order chi connectivity index (χ0) is 19.4. The zero-order valence-corrected chi connectivity index (χ0v) is 18.1. The molecule has 9 heteroatoms. The van der Waals surface area contributed by atoms with E-state index in [2.05, 4.69) is 10.3 Å². The summed E-state index contributed by atoms with van der Waals surface area (Å²) in [4.78, 5) is 6.29. The number of benzene rings is 1. The number of aliphatic imine (C=N–C) groups is 1. The molecule has 1 heterocycles. The molecule has 1 saturated carbocycles. The fraction of sp³-hybridized carbons (Fsp3) is 0.632. The maximum atomic E-state index is 13.0. The van der Waals surface area contributed by atoms with Crippen LogP contribution in [-0.2, 0) is 10.9 Å². The van der Waals surface area contributed by atoms with E-state index < -0.39 is 17.8 Å². The number of morpholine rings is 1. The third kappa shape index (κ3) is 5.73. The SMILES string of the molecule is CN=C(NCC1CCCC1O)N1CCOC(c2cccc(C(F)(F)F)c2)C1.I. The minimum atomic E-state index is -4.37. The van der Waals surface area contributed by atoms with Gasteiger partial charge in [0, 0.05) is 26.1 Å². The smallest absolute Gasteiger partial charge is 0.393 e. The van der Waals surface area contributed by atoms with Crippen molar-refractivity contribution in [3.05, 3.63) is 35.4 Å². The van der Waals surface area contributed by atoms with Crippen molar-refractivity contribution in [1.29, 1.82) is 0 Å². The number of halogens is 4. The van der Waals surface area contributed by atoms with Crippen LogP contribution in [0.25, 0.3) is 0 Å². The molecule has 28 heavy (non-hydrogen) atoms. The van der Waals surface area contributed by atoms with E-state index in [4.69, 9.17) is 4.74 Å². The van der Waals surface area contributed by atoms with Crippen molar-refractivity contribution < 1.29 is 23.0 Å². The molecule has 0 spiro atoms. The summed E-state index contributed by atoms with van der Waals surface area (Å²) in [5.41, 5.74) is -0.158. The number of aliphatic hydroxyl groups is 1. The number of nitrogens with one attached hydrogen (secondary N) is 1. The highest BCUT2D eigenvalue weighted by molar-refractivity contribution is 14.0. The third-order valence-corrected chi connectivity index (χ3v) is 5.30. The van der Waals surface area contributed by atoms with Gasteiger partial charge in [-0.05, 0) is 30.5 Å². The quantitative estimate of drug-likeness (QED) is 0.370. The molecular weight excluding hydrogens is 486 g/mol. The maximum absolute atomic E-state index is 13.0. The van der Waals surface area contributed by atoms with Gasteiger partial charge in [0.25, 0.3) is 0 Å². The normalized spacial score (nSPS) is 26.1. The van der Waals surface area contributed by atoms with Crippen LogP contribution in [0, 0.1) is 5.92 Å². The van der Waals surface area contributed by atoms with Crippen molar-refractivity contribution in [2.24, 2.45) is 10.9 Å². The molecule has 0 bridgehead atoms. The van der Waals surface area contributed by atoms with Crippen LogP contribution in [0.1, 0.15) is 36.5 Å². The standard InChI is InChI=1S/C19H26F3N3O2.HI/c1-23-18(24-11-14-5-3-7-16(14)26)25-8-9-27-17(12-25)13-4-2-6-15(10-13)19(20,21)22;/h2,4,6,10,14,16-17,26H,3,5,7-9,11-12H2,1H3,(H,23,24);1H. The van der Waals surface area contributed by atoms with Gasteiger partial charge in [-0.2, -0.15) is 13.2 Å². The third-order valence-electron chi connectivity index (χ3n) is 5.30. The summed E-state index contributed by atoms with van der Waals surface area (Å²) in [5, 5.41) is 13.3. The summed E-state index contributed by atoms with van der Waals surface area (Å²) >= 11 is 0. The predicted molar refractivity (Wildman–Crippen MR) is 112 cm³/mol. The van der Waals surface area contributed by atoms with Crippen LogP contribution < -0.4 is 5.32 Å². The highest BCUT2D eigenvalue weighted by Crippen LogP contribution is 2.32. The molecule has 3 rings (SSSR count). The van der Waals surface area contributed by atoms with Crippen LogP contribution in [-0.4, -0.2) is 55.4 Å². The first-order chi connectivity index (χ1) is 12.9. The van der Waals surface area contributed by atoms with E-state index in [-0.39, 0.29) is 36.0 Å². The van der Waals surface area contributed by atoms with E-state index in [1.165, 1.54) is 6.07 Å². The summed E-state index contributed by atoms with van der Waals surface area (Å²) in [6, 6.07) is 5.29. The lowest BCUT2D eigenvalue weighted by atomic mass is 10.0. The Bertz CT molecular complexity index is 672. The first-order valence-corrected chi connectivity index (χ1v) is 9.31. The number of guanidine groups is 1. The average Bonchev–Trinajstić information content (AvgIpc) is 3.07. The largest absolute Gasteiger partial charge is 0.416 e. The molecule has 2 fully saturated rings. The van der Waals surface area contributed by atoms with Crippen LogP contribution in [0.5, 0.6) is 0 Å². The molecular formula is C19H27F3IN3O2. The molecule has 3 atom stereocenters. The minimum absolute atomic E-state index is 0. The Morgan fingerprint density at radius 2 is 2.14 bits per heavy atom. The summed E-state index contributed by atoms with van der Waals surface area (Å²) in [5.74, 6) is 0.899. The summed E-state index contributed by atoms with van der Waals surface area (Å²) < 4.78 is 44.6. The lowest BCUT2D eigenvalue weighted by Crippen LogP contribution is -2.49. The lowest BCUT2D eigenvalue weighted by molar-refractivity contribution is -0.137. The van der Waals surface area contributed by atoms with E-state index in [1.807, 2.05) is 4.90 Å². The van der Waals surface area contributed by atoms with Gasteiger partial charge in [-0.15, -0.1) is 24.0 Å². The van der Waals surface area contributed by atoms with Crippen molar-refractivity contribution >= 4 is 29.9 Å². The van der Waals surface area contributed by atoms with Gasteiger partial charge >= 0.3 is 6.18 Å². The minimum Gasteiger partial charge on any atom is -0.393 e. The molecule has 1 aliphatic carbocycles. The van der Waals surface area contributed by atoms with E-state index in [0.29, 0.717) is 37.8 Å². The number of aliphatic hydroxyl groups excluding tert-OH is 1. The van der Waals surface area contributed by atoms with E-state index in [0.717, 1.165) is 31.4 Å². The fourth-order valence-corrected chi connectivity index (χ4v) is 3.77. The summed E-state index contributed by atoms with van der Waals surface area (Å²) in [6.45, 7) is 2.09. The van der Waals surface area contributed by atoms with Gasteiger partial charge in [0.1, 0.15) is 6.10 Å². The fourth-order valence-electron chi connectivity index (χ4n) is 3.77. The van der Waals surface area contributed by atoms with Crippen LogP contribution >= 0.6 is 24.0 Å². The van der Waals surface area contributed by atoms with E-state index >= 15 is 0 Å². The highest BCUT2D eigenvalue weighted by Gasteiger charge is 2.32. The Morgan fingerprint density at radius 1 is 1.36 bits per heavy atom. The molecule has 0 aromatic heterocycles. The molecule has 0 amide bonds. The number of nitrogens with zero attached hydrogens (tertiary/aromatic N) is 2.